The number of benzene rings is 1. The van der Waals surface area contributed by atoms with Crippen LogP contribution in [0.5, 0.6) is 0 Å². The zero-order chi connectivity index (χ0) is 17.2. The number of alkyl halides is 3. The van der Waals surface area contributed by atoms with Gasteiger partial charge < -0.3 is 21.8 Å². The number of anilines is 4. The monoisotopic (exact) mass is 328 g/mol. The molecule has 1 aromatic heterocycles. The predicted octanol–water partition coefficient (Wildman–Crippen LogP) is 3.00. The molecule has 0 saturated carbocycles. The van der Waals surface area contributed by atoms with E-state index in [1.807, 2.05) is 0 Å². The van der Waals surface area contributed by atoms with Gasteiger partial charge in [-0.2, -0.15) is 18.2 Å². The van der Waals surface area contributed by atoms with Gasteiger partial charge in [0.05, 0.1) is 5.69 Å². The molecule has 0 saturated heterocycles. The van der Waals surface area contributed by atoms with Crippen LogP contribution in [0.15, 0.2) is 18.3 Å². The standard InChI is InChI=1S/C13H12F4N6/c1-20-11-7(13(15,16)17)5-21-12(23-11)22-10-6(4-18)9(19)3-2-8(10)14/h2-5,18H,19H2,1H3,(H2,20,21,22,23). The molecule has 6 nitrogen and oxygen atoms in total. The van der Waals surface area contributed by atoms with Crippen molar-refractivity contribution in [3.63, 3.8) is 0 Å². The lowest BCUT2D eigenvalue weighted by Gasteiger charge is -2.14. The molecular weight excluding hydrogens is 316 g/mol. The summed E-state index contributed by atoms with van der Waals surface area (Å²) in [6.45, 7) is 0. The molecular formula is C13H12F4N6. The number of hydrogen-bond acceptors (Lipinski definition) is 6. The first-order valence-corrected chi connectivity index (χ1v) is 6.25. The molecule has 23 heavy (non-hydrogen) atoms. The van der Waals surface area contributed by atoms with Crippen LogP contribution >= 0.6 is 0 Å². The number of nitrogens with two attached hydrogens (primary N) is 1. The van der Waals surface area contributed by atoms with Crippen LogP contribution < -0.4 is 16.4 Å². The summed E-state index contributed by atoms with van der Waals surface area (Å²) in [6.07, 6.45) is -3.22. The van der Waals surface area contributed by atoms with Gasteiger partial charge in [-0.05, 0) is 12.1 Å². The Balaban J connectivity index is 2.46. The minimum atomic E-state index is -4.63. The fourth-order valence-corrected chi connectivity index (χ4v) is 1.84. The molecule has 10 heteroatoms. The van der Waals surface area contributed by atoms with Gasteiger partial charge in [0.25, 0.3) is 0 Å². The van der Waals surface area contributed by atoms with E-state index in [9.17, 15) is 17.6 Å². The third-order valence-electron chi connectivity index (χ3n) is 2.94. The number of halogens is 4. The number of rotatable bonds is 4. The molecule has 0 aliphatic heterocycles. The molecule has 5 N–H and O–H groups in total. The summed E-state index contributed by atoms with van der Waals surface area (Å²) in [4.78, 5) is 7.19. The molecule has 1 aromatic carbocycles. The van der Waals surface area contributed by atoms with E-state index in [-0.39, 0.29) is 22.9 Å². The Kier molecular flexibility index (Phi) is 4.34. The van der Waals surface area contributed by atoms with Gasteiger partial charge in [0.2, 0.25) is 5.95 Å². The number of nitrogen functional groups attached to an aromatic ring is 1. The third kappa shape index (κ3) is 3.30. The fourth-order valence-electron chi connectivity index (χ4n) is 1.84. The molecule has 0 bridgehead atoms. The summed E-state index contributed by atoms with van der Waals surface area (Å²) in [7, 11) is 1.27. The Bertz CT molecular complexity index is 744. The Labute approximate surface area is 128 Å². The van der Waals surface area contributed by atoms with Gasteiger partial charge in [0.1, 0.15) is 17.2 Å². The Morgan fingerprint density at radius 2 is 2.00 bits per heavy atom. The van der Waals surface area contributed by atoms with Crippen LogP contribution in [0.25, 0.3) is 0 Å². The van der Waals surface area contributed by atoms with Gasteiger partial charge in [-0.3, -0.25) is 0 Å². The Morgan fingerprint density at radius 3 is 2.57 bits per heavy atom. The van der Waals surface area contributed by atoms with Crippen LogP contribution in [0.2, 0.25) is 0 Å². The molecule has 2 aromatic rings. The molecule has 0 unspecified atom stereocenters. The average Bonchev–Trinajstić information content (AvgIpc) is 2.50. The number of aromatic nitrogens is 2. The molecule has 0 atom stereocenters. The van der Waals surface area contributed by atoms with Crippen LogP contribution in [0, 0.1) is 11.2 Å². The highest BCUT2D eigenvalue weighted by Gasteiger charge is 2.35. The molecule has 0 spiro atoms. The molecule has 0 aliphatic rings. The maximum Gasteiger partial charge on any atom is 0.421 e. The lowest BCUT2D eigenvalue weighted by molar-refractivity contribution is -0.137. The van der Waals surface area contributed by atoms with Gasteiger partial charge >= 0.3 is 6.18 Å². The van der Waals surface area contributed by atoms with Crippen LogP contribution in [0.4, 0.5) is 40.7 Å². The SMILES string of the molecule is CNc1nc(Nc2c(F)ccc(N)c2C=N)ncc1C(F)(F)F. The summed E-state index contributed by atoms with van der Waals surface area (Å²) in [6, 6.07) is 2.33. The van der Waals surface area contributed by atoms with Crippen molar-refractivity contribution in [1.29, 1.82) is 5.41 Å². The second-order valence-electron chi connectivity index (χ2n) is 4.40. The highest BCUT2D eigenvalue weighted by atomic mass is 19.4. The van der Waals surface area contributed by atoms with Gasteiger partial charge in [0.15, 0.2) is 0 Å². The highest BCUT2D eigenvalue weighted by molar-refractivity contribution is 5.93. The van der Waals surface area contributed by atoms with Crippen molar-refractivity contribution in [1.82, 2.24) is 9.97 Å². The highest BCUT2D eigenvalue weighted by Crippen LogP contribution is 2.34. The molecule has 2 rings (SSSR count). The molecule has 0 aliphatic carbocycles. The minimum absolute atomic E-state index is 0.0412. The van der Waals surface area contributed by atoms with E-state index >= 15 is 0 Å². The lowest BCUT2D eigenvalue weighted by Crippen LogP contribution is -2.13. The van der Waals surface area contributed by atoms with E-state index in [2.05, 4.69) is 20.6 Å². The largest absolute Gasteiger partial charge is 0.421 e. The van der Waals surface area contributed by atoms with E-state index < -0.39 is 23.4 Å². The molecule has 1 heterocycles. The summed E-state index contributed by atoms with van der Waals surface area (Å²) < 4.78 is 52.2. The van der Waals surface area contributed by atoms with Crippen molar-refractivity contribution in [2.45, 2.75) is 6.18 Å². The van der Waals surface area contributed by atoms with Gasteiger partial charge in [0, 0.05) is 30.7 Å². The molecule has 0 radical (unpaired) electrons. The minimum Gasteiger partial charge on any atom is -0.398 e. The maximum atomic E-state index is 13.9. The fraction of sp³-hybridized carbons (Fsp3) is 0.154. The van der Waals surface area contributed by atoms with Gasteiger partial charge in [-0.15, -0.1) is 0 Å². The number of nitrogens with one attached hydrogen (secondary N) is 3. The van der Waals surface area contributed by atoms with Gasteiger partial charge in [-0.25, -0.2) is 9.37 Å². The van der Waals surface area contributed by atoms with Crippen molar-refractivity contribution in [2.75, 3.05) is 23.4 Å². The van der Waals surface area contributed by atoms with Crippen molar-refractivity contribution in [3.8, 4) is 0 Å². The average molecular weight is 328 g/mol. The van der Waals surface area contributed by atoms with Crippen LogP contribution in [-0.4, -0.2) is 23.2 Å². The molecule has 0 fully saturated rings. The summed E-state index contributed by atoms with van der Waals surface area (Å²) in [5.41, 5.74) is 4.56. The predicted molar refractivity (Wildman–Crippen MR) is 78.6 cm³/mol. The van der Waals surface area contributed by atoms with E-state index in [0.29, 0.717) is 6.20 Å². The van der Waals surface area contributed by atoms with Crippen molar-refractivity contribution in [3.05, 3.63) is 35.3 Å². The van der Waals surface area contributed by atoms with Crippen molar-refractivity contribution >= 4 is 29.4 Å². The van der Waals surface area contributed by atoms with E-state index in [1.165, 1.54) is 13.1 Å². The summed E-state index contributed by atoms with van der Waals surface area (Å²) in [5.74, 6) is -1.47. The normalized spacial score (nSPS) is 11.2. The first-order valence-electron chi connectivity index (χ1n) is 6.25. The van der Waals surface area contributed by atoms with E-state index in [0.717, 1.165) is 12.3 Å². The summed E-state index contributed by atoms with van der Waals surface area (Å²) in [5, 5.41) is 12.0. The second kappa shape index (κ2) is 6.07. The second-order valence-corrected chi connectivity index (χ2v) is 4.40. The smallest absolute Gasteiger partial charge is 0.398 e. The zero-order valence-electron chi connectivity index (χ0n) is 11.8. The molecule has 122 valence electrons. The third-order valence-corrected chi connectivity index (χ3v) is 2.94. The van der Waals surface area contributed by atoms with E-state index in [4.69, 9.17) is 11.1 Å². The van der Waals surface area contributed by atoms with Crippen molar-refractivity contribution < 1.29 is 17.6 Å². The van der Waals surface area contributed by atoms with Crippen LogP contribution in [0.3, 0.4) is 0 Å². The number of hydrogen-bond donors (Lipinski definition) is 4. The van der Waals surface area contributed by atoms with Gasteiger partial charge in [-0.1, -0.05) is 0 Å². The lowest BCUT2D eigenvalue weighted by atomic mass is 10.1. The van der Waals surface area contributed by atoms with Crippen LogP contribution in [-0.2, 0) is 6.18 Å². The maximum absolute atomic E-state index is 13.9. The Hall–Kier alpha value is -2.91. The topological polar surface area (TPSA) is 99.7 Å². The zero-order valence-corrected chi connectivity index (χ0v) is 11.8. The first kappa shape index (κ1) is 16.5. The summed E-state index contributed by atoms with van der Waals surface area (Å²) >= 11 is 0. The van der Waals surface area contributed by atoms with E-state index in [1.54, 1.807) is 0 Å². The van der Waals surface area contributed by atoms with Crippen molar-refractivity contribution in [2.24, 2.45) is 0 Å². The number of nitrogens with zero attached hydrogens (tertiary/aromatic N) is 2. The Morgan fingerprint density at radius 1 is 1.30 bits per heavy atom. The first-order chi connectivity index (χ1) is 10.8. The quantitative estimate of drug-likeness (QED) is 0.393. The molecule has 0 amide bonds. The van der Waals surface area contributed by atoms with Crippen LogP contribution in [0.1, 0.15) is 11.1 Å².